The maximum absolute atomic E-state index is 2.33. The van der Waals surface area contributed by atoms with Gasteiger partial charge in [0.1, 0.15) is 0 Å². The Morgan fingerprint density at radius 2 is 0.250 bits per heavy atom. The lowest BCUT2D eigenvalue weighted by Crippen LogP contribution is -1.82. The summed E-state index contributed by atoms with van der Waals surface area (Å²) in [4.78, 5) is 0. The summed E-state index contributed by atoms with van der Waals surface area (Å²) < 4.78 is 0. The monoisotopic (exact) mass is 768 g/mol. The first-order valence-corrected chi connectivity index (χ1v) is 21.1. The zero-order valence-corrected chi connectivity index (χ0v) is 35.3. The average Bonchev–Trinajstić information content (AvgIpc) is 3.22. The fraction of sp³-hybridized carbons (Fsp3) is 0.100. The van der Waals surface area contributed by atoms with E-state index >= 15 is 0 Å². The standard InChI is InChI=1S/C24H18.C20H16.C16H14/c1-15-3-5-17-9-21-14-24-12-20-8-16(2)4-6-18(20)10-22(24)13-23(21)11-19(17)7-15;1-13-3-5-15-9-20-12-18-8-14(2)4-6-16(18)10-19(20)11-17(15)7-13;1-11-3-5-13-10-16-8-12(2)4-6-14(16)9-15(13)7-11/h3-14H,1-2H3;3-12H,1-2H3;3-10H,1-2H3. The van der Waals surface area contributed by atoms with E-state index in [-0.39, 0.29) is 0 Å². The van der Waals surface area contributed by atoms with Crippen molar-refractivity contribution in [2.45, 2.75) is 41.5 Å². The molecule has 0 aliphatic heterocycles. The van der Waals surface area contributed by atoms with Crippen molar-refractivity contribution in [2.24, 2.45) is 0 Å². The van der Waals surface area contributed by atoms with Gasteiger partial charge in [0.2, 0.25) is 0 Å². The minimum absolute atomic E-state index is 1.31. The van der Waals surface area contributed by atoms with Crippen molar-refractivity contribution in [3.05, 3.63) is 215 Å². The molecule has 0 saturated carbocycles. The normalized spacial score (nSPS) is 11.5. The van der Waals surface area contributed by atoms with Crippen LogP contribution in [-0.2, 0) is 0 Å². The van der Waals surface area contributed by atoms with Gasteiger partial charge in [-0.25, -0.2) is 0 Å². The van der Waals surface area contributed by atoms with Crippen molar-refractivity contribution in [3.8, 4) is 0 Å². The van der Waals surface area contributed by atoms with Gasteiger partial charge in [-0.15, -0.1) is 0 Å². The van der Waals surface area contributed by atoms with Crippen molar-refractivity contribution in [3.63, 3.8) is 0 Å². The average molecular weight is 769 g/mol. The lowest BCUT2D eigenvalue weighted by atomic mass is 9.96. The highest BCUT2D eigenvalue weighted by Crippen LogP contribution is 2.32. The van der Waals surface area contributed by atoms with Crippen molar-refractivity contribution in [1.82, 2.24) is 0 Å². The summed E-state index contributed by atoms with van der Waals surface area (Å²) in [6.07, 6.45) is 0. The summed E-state index contributed by atoms with van der Waals surface area (Å²) in [6, 6.07) is 67.5. The van der Waals surface area contributed by atoms with Gasteiger partial charge in [0.25, 0.3) is 0 Å². The number of hydrogen-bond donors (Lipinski definition) is 0. The smallest absolute Gasteiger partial charge is 0.0171 e. The Kier molecular flexibility index (Phi) is 9.30. The summed E-state index contributed by atoms with van der Waals surface area (Å²) in [5.74, 6) is 0. The van der Waals surface area contributed by atoms with Crippen LogP contribution in [0.5, 0.6) is 0 Å². The molecule has 288 valence electrons. The van der Waals surface area contributed by atoms with E-state index < -0.39 is 0 Å². The molecule has 0 spiro atoms. The van der Waals surface area contributed by atoms with Gasteiger partial charge in [0.15, 0.2) is 0 Å². The second-order valence-electron chi connectivity index (χ2n) is 17.3. The fourth-order valence-corrected chi connectivity index (χ4v) is 8.96. The second-order valence-corrected chi connectivity index (χ2v) is 17.3. The first kappa shape index (κ1) is 37.3. The third-order valence-electron chi connectivity index (χ3n) is 12.2. The molecule has 0 heterocycles. The molecule has 0 nitrogen and oxygen atoms in total. The van der Waals surface area contributed by atoms with E-state index in [0.717, 1.165) is 0 Å². The van der Waals surface area contributed by atoms with E-state index in [1.54, 1.807) is 0 Å². The van der Waals surface area contributed by atoms with Crippen LogP contribution >= 0.6 is 0 Å². The highest BCUT2D eigenvalue weighted by molar-refractivity contribution is 6.09. The van der Waals surface area contributed by atoms with Crippen LogP contribution in [0.2, 0.25) is 0 Å². The summed E-state index contributed by atoms with van der Waals surface area (Å²) in [5.41, 5.74) is 7.88. The van der Waals surface area contributed by atoms with Crippen LogP contribution < -0.4 is 0 Å². The van der Waals surface area contributed by atoms with Gasteiger partial charge in [-0.1, -0.05) is 143 Å². The van der Waals surface area contributed by atoms with Crippen LogP contribution in [0, 0.1) is 41.5 Å². The van der Waals surface area contributed by atoms with Crippen molar-refractivity contribution < 1.29 is 0 Å². The summed E-state index contributed by atoms with van der Waals surface area (Å²) in [5, 5.41) is 23.7. The highest BCUT2D eigenvalue weighted by atomic mass is 14.1. The minimum Gasteiger partial charge on any atom is -0.0587 e. The molecular weight excluding hydrogens is 721 g/mol. The lowest BCUT2D eigenvalue weighted by molar-refractivity contribution is 1.50. The molecule has 0 unspecified atom stereocenters. The Balaban J connectivity index is 0.000000111. The Bertz CT molecular complexity index is 3410. The predicted octanol–water partition coefficient (Wildman–Crippen LogP) is 17.3. The molecule has 0 heteroatoms. The van der Waals surface area contributed by atoms with E-state index in [4.69, 9.17) is 0 Å². The van der Waals surface area contributed by atoms with E-state index in [1.165, 1.54) is 130 Å². The maximum Gasteiger partial charge on any atom is -0.0171 e. The van der Waals surface area contributed by atoms with Crippen molar-refractivity contribution in [2.75, 3.05) is 0 Å². The van der Waals surface area contributed by atoms with E-state index in [0.29, 0.717) is 0 Å². The van der Waals surface area contributed by atoms with Crippen LogP contribution in [0.1, 0.15) is 33.4 Å². The SMILES string of the molecule is Cc1ccc2cc3cc(C)ccc3cc2c1.Cc1ccc2cc3cc4cc(C)ccc4cc3cc2c1.Cc1ccc2cc3cc4cc5cc(C)ccc5cc4cc3cc2c1. The summed E-state index contributed by atoms with van der Waals surface area (Å²) in [7, 11) is 0. The largest absolute Gasteiger partial charge is 0.0587 e. The molecule has 0 N–H and O–H groups in total. The van der Waals surface area contributed by atoms with Crippen LogP contribution in [0.25, 0.3) is 97.0 Å². The van der Waals surface area contributed by atoms with Gasteiger partial charge in [-0.2, -0.15) is 0 Å². The van der Waals surface area contributed by atoms with Gasteiger partial charge in [0.05, 0.1) is 0 Å². The molecule has 0 aliphatic carbocycles. The van der Waals surface area contributed by atoms with Crippen molar-refractivity contribution in [1.29, 1.82) is 0 Å². The summed E-state index contributed by atoms with van der Waals surface area (Å²) >= 11 is 0. The van der Waals surface area contributed by atoms with E-state index in [1.807, 2.05) is 0 Å². The Morgan fingerprint density at radius 3 is 0.400 bits per heavy atom. The first-order chi connectivity index (χ1) is 29.1. The van der Waals surface area contributed by atoms with Gasteiger partial charge >= 0.3 is 0 Å². The molecular formula is C60H48. The summed E-state index contributed by atoms with van der Waals surface area (Å²) in [6.45, 7) is 12.9. The molecule has 0 bridgehead atoms. The molecule has 0 aliphatic rings. The zero-order chi connectivity index (χ0) is 41.1. The first-order valence-electron chi connectivity index (χ1n) is 21.1. The zero-order valence-electron chi connectivity index (χ0n) is 35.3. The third kappa shape index (κ3) is 7.42. The molecule has 12 rings (SSSR count). The topological polar surface area (TPSA) is 0 Å². The maximum atomic E-state index is 2.33. The predicted molar refractivity (Wildman–Crippen MR) is 265 cm³/mol. The molecule has 0 saturated heterocycles. The second kappa shape index (κ2) is 15.0. The Hall–Kier alpha value is -7.02. The Morgan fingerprint density at radius 1 is 0.133 bits per heavy atom. The molecule has 0 aromatic heterocycles. The van der Waals surface area contributed by atoms with Gasteiger partial charge in [-0.05, 0) is 211 Å². The highest BCUT2D eigenvalue weighted by Gasteiger charge is 2.05. The Labute approximate surface area is 352 Å². The van der Waals surface area contributed by atoms with Crippen LogP contribution in [0.15, 0.2) is 182 Å². The van der Waals surface area contributed by atoms with Crippen LogP contribution in [0.4, 0.5) is 0 Å². The van der Waals surface area contributed by atoms with Gasteiger partial charge < -0.3 is 0 Å². The van der Waals surface area contributed by atoms with E-state index in [9.17, 15) is 0 Å². The lowest BCUT2D eigenvalue weighted by Gasteiger charge is -2.08. The van der Waals surface area contributed by atoms with Gasteiger partial charge in [-0.3, -0.25) is 0 Å². The van der Waals surface area contributed by atoms with E-state index in [2.05, 4.69) is 224 Å². The molecule has 0 fully saturated rings. The fourth-order valence-electron chi connectivity index (χ4n) is 8.96. The molecule has 12 aromatic rings. The third-order valence-corrected chi connectivity index (χ3v) is 12.2. The molecule has 60 heavy (non-hydrogen) atoms. The molecule has 0 atom stereocenters. The number of aryl methyl sites for hydroxylation is 6. The minimum atomic E-state index is 1.31. The molecule has 12 aromatic carbocycles. The number of rotatable bonds is 0. The molecule has 0 radical (unpaired) electrons. The number of benzene rings is 12. The number of hydrogen-bond acceptors (Lipinski definition) is 0. The quantitative estimate of drug-likeness (QED) is 0.135. The molecule has 0 amide bonds. The van der Waals surface area contributed by atoms with Gasteiger partial charge in [0, 0.05) is 0 Å². The van der Waals surface area contributed by atoms with Crippen LogP contribution in [0.3, 0.4) is 0 Å². The van der Waals surface area contributed by atoms with Crippen molar-refractivity contribution >= 4 is 97.0 Å². The van der Waals surface area contributed by atoms with Crippen LogP contribution in [-0.4, -0.2) is 0 Å². The number of fused-ring (bicyclic) bond motifs is 9.